The summed E-state index contributed by atoms with van der Waals surface area (Å²) >= 11 is 0. The number of hydrogen-bond acceptors (Lipinski definition) is 4. The van der Waals surface area contributed by atoms with Crippen LogP contribution < -0.4 is 4.74 Å². The second-order valence-corrected chi connectivity index (χ2v) is 9.00. The van der Waals surface area contributed by atoms with Crippen LogP contribution in [0.15, 0.2) is 47.6 Å². The van der Waals surface area contributed by atoms with Gasteiger partial charge in [0.05, 0.1) is 11.4 Å². The van der Waals surface area contributed by atoms with Gasteiger partial charge >= 0.3 is 0 Å². The largest absolute Gasteiger partial charge is 0.489 e. The Balaban J connectivity index is 1.52. The average molecular weight is 372 g/mol. The minimum Gasteiger partial charge on any atom is -0.489 e. The summed E-state index contributed by atoms with van der Waals surface area (Å²) in [7, 11) is -3.48. The van der Waals surface area contributed by atoms with Gasteiger partial charge in [0.25, 0.3) is 0 Å². The Morgan fingerprint density at radius 1 is 1.00 bits per heavy atom. The monoisotopic (exact) mass is 372 g/mol. The van der Waals surface area contributed by atoms with Gasteiger partial charge in [-0.3, -0.25) is 4.98 Å². The lowest BCUT2D eigenvalue weighted by atomic mass is 9.92. The molecule has 4 rings (SSSR count). The molecule has 138 valence electrons. The van der Waals surface area contributed by atoms with E-state index in [4.69, 9.17) is 4.74 Å². The van der Waals surface area contributed by atoms with E-state index < -0.39 is 10.0 Å². The zero-order chi connectivity index (χ0) is 18.0. The summed E-state index contributed by atoms with van der Waals surface area (Å²) < 4.78 is 33.8. The summed E-state index contributed by atoms with van der Waals surface area (Å²) in [6.45, 7) is 0.942. The lowest BCUT2D eigenvalue weighted by Gasteiger charge is -2.32. The first kappa shape index (κ1) is 17.5. The zero-order valence-corrected chi connectivity index (χ0v) is 15.6. The van der Waals surface area contributed by atoms with Gasteiger partial charge in [-0.2, -0.15) is 4.31 Å². The summed E-state index contributed by atoms with van der Waals surface area (Å²) in [5, 5.41) is 0. The molecule has 26 heavy (non-hydrogen) atoms. The van der Waals surface area contributed by atoms with Crippen LogP contribution in [-0.2, 0) is 22.9 Å². The number of pyridine rings is 1. The lowest BCUT2D eigenvalue weighted by molar-refractivity contribution is 0.129. The Hall–Kier alpha value is -1.92. The molecule has 0 spiro atoms. The Labute approximate surface area is 155 Å². The molecular formula is C20H24N2O3S. The van der Waals surface area contributed by atoms with E-state index in [-0.39, 0.29) is 6.10 Å². The van der Waals surface area contributed by atoms with Crippen LogP contribution in [-0.4, -0.2) is 36.9 Å². The van der Waals surface area contributed by atoms with E-state index in [0.717, 1.165) is 37.9 Å². The molecule has 1 aromatic carbocycles. The maximum absolute atomic E-state index is 13.1. The molecule has 0 N–H and O–H groups in total. The molecule has 2 aromatic rings. The highest BCUT2D eigenvalue weighted by Crippen LogP contribution is 2.28. The Morgan fingerprint density at radius 2 is 1.77 bits per heavy atom. The van der Waals surface area contributed by atoms with E-state index in [1.807, 2.05) is 12.1 Å². The minimum atomic E-state index is -3.48. The first-order valence-corrected chi connectivity index (χ1v) is 10.8. The van der Waals surface area contributed by atoms with Crippen molar-refractivity contribution < 1.29 is 13.2 Å². The Kier molecular flexibility index (Phi) is 4.96. The second-order valence-electron chi connectivity index (χ2n) is 7.07. The number of aromatic nitrogens is 1. The summed E-state index contributed by atoms with van der Waals surface area (Å²) in [5.41, 5.74) is 2.49. The quantitative estimate of drug-likeness (QED) is 0.827. The summed E-state index contributed by atoms with van der Waals surface area (Å²) in [5.74, 6) is 0.734. The van der Waals surface area contributed by atoms with Gasteiger partial charge in [0.15, 0.2) is 0 Å². The van der Waals surface area contributed by atoms with E-state index in [9.17, 15) is 8.42 Å². The van der Waals surface area contributed by atoms with Crippen molar-refractivity contribution in [1.82, 2.24) is 9.29 Å². The topological polar surface area (TPSA) is 59.5 Å². The predicted octanol–water partition coefficient (Wildman–Crippen LogP) is 3.19. The number of benzene rings is 1. The van der Waals surface area contributed by atoms with E-state index in [1.54, 1.807) is 34.9 Å². The maximum atomic E-state index is 13.1. The van der Waals surface area contributed by atoms with Gasteiger partial charge in [-0.15, -0.1) is 0 Å². The number of fused-ring (bicyclic) bond motifs is 1. The van der Waals surface area contributed by atoms with E-state index in [2.05, 4.69) is 4.98 Å². The lowest BCUT2D eigenvalue weighted by Crippen LogP contribution is -2.44. The number of rotatable bonds is 4. The van der Waals surface area contributed by atoms with Gasteiger partial charge in [0.1, 0.15) is 11.9 Å². The molecule has 0 radical (unpaired) electrons. The standard InChI is InChI=1S/C20H24N2O3S/c23-26(24,20-8-7-16-4-1-2-5-17(16)14-20)22-13-3-6-19(15-22)25-18-9-11-21-12-10-18/h7-12,14,19H,1-6,13,15H2. The van der Waals surface area contributed by atoms with Gasteiger partial charge < -0.3 is 4.74 Å². The third-order valence-corrected chi connectivity index (χ3v) is 7.11. The molecule has 5 nitrogen and oxygen atoms in total. The summed E-state index contributed by atoms with van der Waals surface area (Å²) in [6.07, 6.45) is 9.27. The molecule has 1 saturated heterocycles. The van der Waals surface area contributed by atoms with Crippen LogP contribution in [0.2, 0.25) is 0 Å². The number of ether oxygens (including phenoxy) is 1. The summed E-state index contributed by atoms with van der Waals surface area (Å²) in [6, 6.07) is 9.26. The third-order valence-electron chi connectivity index (χ3n) is 5.25. The third kappa shape index (κ3) is 3.62. The van der Waals surface area contributed by atoms with E-state index in [0.29, 0.717) is 18.0 Å². The van der Waals surface area contributed by atoms with Gasteiger partial charge in [-0.05, 0) is 73.9 Å². The molecule has 2 aliphatic rings. The molecule has 0 saturated carbocycles. The van der Waals surface area contributed by atoms with Crippen molar-refractivity contribution in [3.05, 3.63) is 53.9 Å². The average Bonchev–Trinajstić information content (AvgIpc) is 2.68. The van der Waals surface area contributed by atoms with Crippen molar-refractivity contribution in [3.63, 3.8) is 0 Å². The van der Waals surface area contributed by atoms with Crippen LogP contribution in [0.4, 0.5) is 0 Å². The molecule has 6 heteroatoms. The SMILES string of the molecule is O=S(=O)(c1ccc2c(c1)CCCC2)N1CCCC(Oc2ccncc2)C1. The normalized spacial score (nSPS) is 21.2. The molecule has 1 aliphatic heterocycles. The molecule has 1 unspecified atom stereocenters. The number of nitrogens with zero attached hydrogens (tertiary/aromatic N) is 2. The van der Waals surface area contributed by atoms with Gasteiger partial charge in [-0.1, -0.05) is 6.07 Å². The zero-order valence-electron chi connectivity index (χ0n) is 14.8. The minimum absolute atomic E-state index is 0.126. The van der Waals surface area contributed by atoms with Gasteiger partial charge in [0, 0.05) is 18.9 Å². The highest BCUT2D eigenvalue weighted by Gasteiger charge is 2.31. The smallest absolute Gasteiger partial charge is 0.243 e. The number of piperidine rings is 1. The van der Waals surface area contributed by atoms with Crippen LogP contribution >= 0.6 is 0 Å². The fourth-order valence-electron chi connectivity index (χ4n) is 3.85. The van der Waals surface area contributed by atoms with Crippen LogP contribution in [0.3, 0.4) is 0 Å². The maximum Gasteiger partial charge on any atom is 0.243 e. The molecular weight excluding hydrogens is 348 g/mol. The van der Waals surface area contributed by atoms with Crippen molar-refractivity contribution in [2.45, 2.75) is 49.5 Å². The van der Waals surface area contributed by atoms with E-state index >= 15 is 0 Å². The van der Waals surface area contributed by atoms with Crippen molar-refractivity contribution in [1.29, 1.82) is 0 Å². The summed E-state index contributed by atoms with van der Waals surface area (Å²) in [4.78, 5) is 4.40. The van der Waals surface area contributed by atoms with Gasteiger partial charge in [-0.25, -0.2) is 8.42 Å². The van der Waals surface area contributed by atoms with Crippen molar-refractivity contribution >= 4 is 10.0 Å². The van der Waals surface area contributed by atoms with Crippen molar-refractivity contribution in [2.24, 2.45) is 0 Å². The molecule has 1 aromatic heterocycles. The highest BCUT2D eigenvalue weighted by atomic mass is 32.2. The number of aryl methyl sites for hydroxylation is 2. The molecule has 0 amide bonds. The fraction of sp³-hybridized carbons (Fsp3) is 0.450. The van der Waals surface area contributed by atoms with Crippen molar-refractivity contribution in [3.8, 4) is 5.75 Å². The Bertz CT molecular complexity index is 868. The fourth-order valence-corrected chi connectivity index (χ4v) is 5.41. The van der Waals surface area contributed by atoms with Gasteiger partial charge in [0.2, 0.25) is 10.0 Å². The van der Waals surface area contributed by atoms with Crippen LogP contribution in [0, 0.1) is 0 Å². The van der Waals surface area contributed by atoms with Crippen LogP contribution in [0.5, 0.6) is 5.75 Å². The predicted molar refractivity (Wildman–Crippen MR) is 99.7 cm³/mol. The molecule has 1 aliphatic carbocycles. The second kappa shape index (κ2) is 7.37. The van der Waals surface area contributed by atoms with Crippen molar-refractivity contribution in [2.75, 3.05) is 13.1 Å². The molecule has 2 heterocycles. The molecule has 1 fully saturated rings. The van der Waals surface area contributed by atoms with Crippen LogP contribution in [0.25, 0.3) is 0 Å². The van der Waals surface area contributed by atoms with Crippen LogP contribution in [0.1, 0.15) is 36.8 Å². The number of hydrogen-bond donors (Lipinski definition) is 0. The number of sulfonamides is 1. The first-order chi connectivity index (χ1) is 12.6. The molecule has 1 atom stereocenters. The van der Waals surface area contributed by atoms with E-state index in [1.165, 1.54) is 17.5 Å². The first-order valence-electron chi connectivity index (χ1n) is 9.31. The Morgan fingerprint density at radius 3 is 2.58 bits per heavy atom. The highest BCUT2D eigenvalue weighted by molar-refractivity contribution is 7.89. The molecule has 0 bridgehead atoms.